The maximum absolute atomic E-state index is 13.7. The van der Waals surface area contributed by atoms with E-state index in [1.807, 2.05) is 42.6 Å². The maximum Gasteiger partial charge on any atom is 0.324 e. The summed E-state index contributed by atoms with van der Waals surface area (Å²) in [5, 5.41) is 2.95. The summed E-state index contributed by atoms with van der Waals surface area (Å²) in [6.45, 7) is 2.96. The number of rotatable bonds is 5. The van der Waals surface area contributed by atoms with Gasteiger partial charge in [-0.05, 0) is 79.6 Å². The summed E-state index contributed by atoms with van der Waals surface area (Å²) in [5.74, 6) is 0.336. The van der Waals surface area contributed by atoms with E-state index in [2.05, 4.69) is 14.6 Å². The molecule has 3 aromatic carbocycles. The summed E-state index contributed by atoms with van der Waals surface area (Å²) < 4.78 is 43.9. The second-order valence-electron chi connectivity index (χ2n) is 9.35. The van der Waals surface area contributed by atoms with E-state index in [1.54, 1.807) is 12.1 Å². The van der Waals surface area contributed by atoms with Crippen molar-refractivity contribution in [1.82, 2.24) is 9.88 Å². The lowest BCUT2D eigenvalue weighted by Gasteiger charge is -2.35. The SMILES string of the molecule is O=S1(=O)Nc2cccc3cccc(c23)N1CCN1CCC(Cc2c[nH]c3ccc(F)cc23)CC1. The van der Waals surface area contributed by atoms with Gasteiger partial charge >= 0.3 is 10.2 Å². The molecule has 0 spiro atoms. The van der Waals surface area contributed by atoms with Crippen LogP contribution in [0, 0.1) is 11.7 Å². The zero-order valence-electron chi connectivity index (χ0n) is 18.8. The molecule has 6 nitrogen and oxygen atoms in total. The van der Waals surface area contributed by atoms with Gasteiger partial charge in [0.2, 0.25) is 0 Å². The Bertz CT molecular complexity index is 1470. The van der Waals surface area contributed by atoms with Crippen LogP contribution in [0.15, 0.2) is 60.8 Å². The fraction of sp³-hybridized carbons (Fsp3) is 0.308. The number of nitrogens with zero attached hydrogens (tertiary/aromatic N) is 2. The molecule has 4 aromatic rings. The average Bonchev–Trinajstić information content (AvgIpc) is 3.21. The zero-order chi connectivity index (χ0) is 23.3. The number of likely N-dealkylation sites (tertiary alicyclic amines) is 1. The number of aromatic nitrogens is 1. The summed E-state index contributed by atoms with van der Waals surface area (Å²) in [4.78, 5) is 5.60. The van der Waals surface area contributed by atoms with Gasteiger partial charge < -0.3 is 9.88 Å². The molecule has 1 aromatic heterocycles. The van der Waals surface area contributed by atoms with Gasteiger partial charge in [-0.2, -0.15) is 8.42 Å². The van der Waals surface area contributed by atoms with E-state index < -0.39 is 10.2 Å². The molecule has 1 fully saturated rings. The Morgan fingerprint density at radius 2 is 1.79 bits per heavy atom. The van der Waals surface area contributed by atoms with Crippen LogP contribution in [0.2, 0.25) is 0 Å². The van der Waals surface area contributed by atoms with Crippen LogP contribution in [0.1, 0.15) is 18.4 Å². The summed E-state index contributed by atoms with van der Waals surface area (Å²) in [6.07, 6.45) is 5.03. The average molecular weight is 479 g/mol. The summed E-state index contributed by atoms with van der Waals surface area (Å²) >= 11 is 0. The molecular formula is C26H27FN4O2S. The second-order valence-corrected chi connectivity index (χ2v) is 10.9. The highest BCUT2D eigenvalue weighted by Gasteiger charge is 2.31. The number of benzene rings is 3. The molecule has 34 heavy (non-hydrogen) atoms. The Kier molecular flexibility index (Phi) is 5.22. The molecule has 176 valence electrons. The minimum absolute atomic E-state index is 0.205. The van der Waals surface area contributed by atoms with Crippen molar-refractivity contribution in [2.45, 2.75) is 19.3 Å². The zero-order valence-corrected chi connectivity index (χ0v) is 19.6. The number of piperidine rings is 1. The first-order valence-electron chi connectivity index (χ1n) is 11.8. The van der Waals surface area contributed by atoms with Crippen LogP contribution < -0.4 is 9.03 Å². The van der Waals surface area contributed by atoms with Crippen molar-refractivity contribution < 1.29 is 12.8 Å². The van der Waals surface area contributed by atoms with E-state index in [-0.39, 0.29) is 5.82 Å². The largest absolute Gasteiger partial charge is 0.361 e. The third-order valence-corrected chi connectivity index (χ3v) is 8.68. The fourth-order valence-electron chi connectivity index (χ4n) is 5.46. The highest BCUT2D eigenvalue weighted by atomic mass is 32.2. The number of nitrogens with one attached hydrogen (secondary N) is 2. The van der Waals surface area contributed by atoms with Crippen molar-refractivity contribution in [3.8, 4) is 0 Å². The van der Waals surface area contributed by atoms with Crippen LogP contribution in [-0.4, -0.2) is 44.5 Å². The molecule has 0 radical (unpaired) electrons. The van der Waals surface area contributed by atoms with Crippen molar-refractivity contribution in [1.29, 1.82) is 0 Å². The number of hydrogen-bond acceptors (Lipinski definition) is 3. The number of aromatic amines is 1. The van der Waals surface area contributed by atoms with Crippen molar-refractivity contribution in [3.05, 3.63) is 72.2 Å². The second kappa shape index (κ2) is 8.29. The lowest BCUT2D eigenvalue weighted by molar-refractivity contribution is 0.189. The Morgan fingerprint density at radius 3 is 2.62 bits per heavy atom. The van der Waals surface area contributed by atoms with Crippen molar-refractivity contribution in [2.24, 2.45) is 5.92 Å². The molecule has 2 N–H and O–H groups in total. The van der Waals surface area contributed by atoms with E-state index in [1.165, 1.54) is 15.9 Å². The van der Waals surface area contributed by atoms with Gasteiger partial charge in [0.15, 0.2) is 0 Å². The minimum atomic E-state index is -3.63. The first-order valence-corrected chi connectivity index (χ1v) is 13.2. The van der Waals surface area contributed by atoms with Gasteiger partial charge in [0.1, 0.15) is 5.82 Å². The van der Waals surface area contributed by atoms with Gasteiger partial charge in [-0.25, -0.2) is 4.39 Å². The quantitative estimate of drug-likeness (QED) is 0.429. The lowest BCUT2D eigenvalue weighted by atomic mass is 9.90. The molecule has 1 saturated heterocycles. The topological polar surface area (TPSA) is 68.4 Å². The molecule has 0 unspecified atom stereocenters. The molecule has 0 atom stereocenters. The summed E-state index contributed by atoms with van der Waals surface area (Å²) in [7, 11) is -3.63. The lowest BCUT2D eigenvalue weighted by Crippen LogP contribution is -2.45. The van der Waals surface area contributed by atoms with E-state index in [9.17, 15) is 12.8 Å². The Morgan fingerprint density at radius 1 is 1.00 bits per heavy atom. The van der Waals surface area contributed by atoms with Crippen molar-refractivity contribution in [2.75, 3.05) is 35.2 Å². The van der Waals surface area contributed by atoms with Gasteiger partial charge in [-0.15, -0.1) is 0 Å². The Hall–Kier alpha value is -3.10. The van der Waals surface area contributed by atoms with Gasteiger partial charge in [-0.1, -0.05) is 24.3 Å². The number of hydrogen-bond donors (Lipinski definition) is 2. The normalized spacial score (nSPS) is 18.4. The molecule has 2 aliphatic rings. The molecule has 0 amide bonds. The smallest absolute Gasteiger partial charge is 0.324 e. The van der Waals surface area contributed by atoms with E-state index >= 15 is 0 Å². The van der Waals surface area contributed by atoms with Crippen LogP contribution in [0.5, 0.6) is 0 Å². The van der Waals surface area contributed by atoms with E-state index in [0.717, 1.165) is 59.7 Å². The monoisotopic (exact) mass is 478 g/mol. The van der Waals surface area contributed by atoms with Crippen molar-refractivity contribution in [3.63, 3.8) is 0 Å². The van der Waals surface area contributed by atoms with Crippen LogP contribution in [-0.2, 0) is 16.6 Å². The molecule has 0 saturated carbocycles. The van der Waals surface area contributed by atoms with E-state index in [4.69, 9.17) is 0 Å². The predicted molar refractivity (Wildman–Crippen MR) is 135 cm³/mol. The maximum atomic E-state index is 13.7. The highest BCUT2D eigenvalue weighted by Crippen LogP contribution is 2.39. The molecule has 0 aliphatic carbocycles. The van der Waals surface area contributed by atoms with Crippen molar-refractivity contribution >= 4 is 43.3 Å². The first kappa shape index (κ1) is 21.4. The molecule has 6 rings (SSSR count). The van der Waals surface area contributed by atoms with Gasteiger partial charge in [0.25, 0.3) is 0 Å². The number of fused-ring (bicyclic) bond motifs is 1. The number of H-pyrrole nitrogens is 1. The first-order chi connectivity index (χ1) is 16.5. The Labute approximate surface area is 198 Å². The van der Waals surface area contributed by atoms with Gasteiger partial charge in [0, 0.05) is 35.6 Å². The molecule has 2 aliphatic heterocycles. The molecule has 8 heteroatoms. The molecule has 0 bridgehead atoms. The van der Waals surface area contributed by atoms with Gasteiger partial charge in [0.05, 0.1) is 11.4 Å². The Balaban J connectivity index is 1.11. The third-order valence-electron chi connectivity index (χ3n) is 7.24. The predicted octanol–water partition coefficient (Wildman–Crippen LogP) is 4.89. The standard InChI is InChI=1S/C26H27FN4O2S/c27-21-7-8-23-22(16-21)20(17-28-23)15-18-9-11-30(12-10-18)13-14-31-25-6-2-4-19-3-1-5-24(26(19)25)29-34(31,32)33/h1-8,16-18,28-29H,9-15H2. The molecule has 3 heterocycles. The van der Waals surface area contributed by atoms with Crippen LogP contribution >= 0.6 is 0 Å². The van der Waals surface area contributed by atoms with Crippen LogP contribution in [0.3, 0.4) is 0 Å². The van der Waals surface area contributed by atoms with Crippen LogP contribution in [0.25, 0.3) is 21.7 Å². The fourth-order valence-corrected chi connectivity index (χ4v) is 6.75. The number of anilines is 2. The highest BCUT2D eigenvalue weighted by molar-refractivity contribution is 7.94. The van der Waals surface area contributed by atoms with Gasteiger partial charge in [-0.3, -0.25) is 9.03 Å². The molecular weight excluding hydrogens is 451 g/mol. The minimum Gasteiger partial charge on any atom is -0.361 e. The van der Waals surface area contributed by atoms with Crippen LogP contribution in [0.4, 0.5) is 15.8 Å². The van der Waals surface area contributed by atoms with E-state index in [0.29, 0.717) is 24.7 Å². The third kappa shape index (κ3) is 3.80. The number of halogens is 1. The summed E-state index contributed by atoms with van der Waals surface area (Å²) in [6, 6.07) is 16.4. The summed E-state index contributed by atoms with van der Waals surface area (Å²) in [5.41, 5.74) is 3.53.